The summed E-state index contributed by atoms with van der Waals surface area (Å²) in [4.78, 5) is 3.39. The second kappa shape index (κ2) is 8.49. The predicted molar refractivity (Wildman–Crippen MR) is 115 cm³/mol. The average Bonchev–Trinajstić information content (AvgIpc) is 3.54. The molecule has 0 aliphatic heterocycles. The Bertz CT molecular complexity index is 1120. The largest absolute Gasteiger partial charge is 0.204 e. The second-order valence-electron chi connectivity index (χ2n) is 7.16. The fraction of sp³-hybridized carbons (Fsp3) is 0.160. The van der Waals surface area contributed by atoms with E-state index < -0.39 is 17.3 Å². The van der Waals surface area contributed by atoms with Gasteiger partial charge in [-0.1, -0.05) is 48.2 Å². The third-order valence-electron chi connectivity index (χ3n) is 4.92. The molecule has 0 spiro atoms. The highest BCUT2D eigenvalue weighted by Gasteiger charge is 2.21. The lowest BCUT2D eigenvalue weighted by Gasteiger charge is -2.04. The van der Waals surface area contributed by atoms with E-state index in [1.54, 1.807) is 0 Å². The van der Waals surface area contributed by atoms with Crippen molar-refractivity contribution in [2.75, 3.05) is 0 Å². The molecular formula is C25H17F2NS. The number of nitrogens with zero attached hydrogens (tertiary/aromatic N) is 1. The van der Waals surface area contributed by atoms with Gasteiger partial charge in [0.15, 0.2) is 11.6 Å². The van der Waals surface area contributed by atoms with Gasteiger partial charge in [0.25, 0.3) is 0 Å². The number of hydrogen-bond acceptors (Lipinski definition) is 2. The summed E-state index contributed by atoms with van der Waals surface area (Å²) >= 11 is 4.39. The number of aliphatic imine (C=N–C) groups is 1. The fourth-order valence-electron chi connectivity index (χ4n) is 3.17. The molecule has 0 amide bonds. The maximum absolute atomic E-state index is 13.9. The van der Waals surface area contributed by atoms with Crippen LogP contribution >= 0.6 is 12.2 Å². The van der Waals surface area contributed by atoms with Crippen LogP contribution in [0.3, 0.4) is 0 Å². The molecule has 1 fully saturated rings. The molecule has 1 saturated carbocycles. The molecular weight excluding hydrogens is 384 g/mol. The molecule has 1 aliphatic rings. The topological polar surface area (TPSA) is 12.4 Å². The van der Waals surface area contributed by atoms with Crippen molar-refractivity contribution in [1.29, 1.82) is 0 Å². The third-order valence-corrected chi connectivity index (χ3v) is 5.01. The van der Waals surface area contributed by atoms with Gasteiger partial charge in [-0.15, -0.1) is 0 Å². The van der Waals surface area contributed by atoms with Crippen molar-refractivity contribution in [3.05, 3.63) is 89.0 Å². The summed E-state index contributed by atoms with van der Waals surface area (Å²) in [6.07, 6.45) is 3.89. The van der Waals surface area contributed by atoms with Crippen molar-refractivity contribution in [2.24, 2.45) is 10.9 Å². The van der Waals surface area contributed by atoms with E-state index in [0.29, 0.717) is 0 Å². The number of benzene rings is 3. The molecule has 3 aromatic rings. The lowest BCUT2D eigenvalue weighted by atomic mass is 10.0. The van der Waals surface area contributed by atoms with Gasteiger partial charge in [0.1, 0.15) is 5.69 Å². The Morgan fingerprint density at radius 1 is 0.828 bits per heavy atom. The second-order valence-corrected chi connectivity index (χ2v) is 7.35. The Morgan fingerprint density at radius 3 is 1.93 bits per heavy atom. The van der Waals surface area contributed by atoms with Crippen molar-refractivity contribution in [3.8, 4) is 23.0 Å². The minimum Gasteiger partial charge on any atom is -0.204 e. The highest BCUT2D eigenvalue weighted by molar-refractivity contribution is 7.78. The van der Waals surface area contributed by atoms with Crippen LogP contribution < -0.4 is 0 Å². The van der Waals surface area contributed by atoms with Gasteiger partial charge in [-0.25, -0.2) is 8.78 Å². The molecule has 142 valence electrons. The number of hydrogen-bond donors (Lipinski definition) is 0. The first-order valence-electron chi connectivity index (χ1n) is 9.41. The van der Waals surface area contributed by atoms with Gasteiger partial charge in [-0.3, -0.25) is 0 Å². The van der Waals surface area contributed by atoms with Crippen LogP contribution in [0.4, 0.5) is 14.5 Å². The van der Waals surface area contributed by atoms with E-state index in [1.165, 1.54) is 24.8 Å². The lowest BCUT2D eigenvalue weighted by Crippen LogP contribution is -1.87. The Balaban J connectivity index is 1.49. The minimum absolute atomic E-state index is 0.235. The molecule has 0 N–H and O–H groups in total. The van der Waals surface area contributed by atoms with E-state index in [1.807, 2.05) is 29.4 Å². The Labute approximate surface area is 174 Å². The van der Waals surface area contributed by atoms with E-state index in [2.05, 4.69) is 53.3 Å². The summed E-state index contributed by atoms with van der Waals surface area (Å²) in [5.74, 6) is 4.97. The summed E-state index contributed by atoms with van der Waals surface area (Å²) in [5.41, 5.74) is 4.20. The van der Waals surface area contributed by atoms with Gasteiger partial charge < -0.3 is 0 Å². The summed E-state index contributed by atoms with van der Waals surface area (Å²) in [6.45, 7) is 0. The van der Waals surface area contributed by atoms with Gasteiger partial charge >= 0.3 is 0 Å². The molecule has 1 aliphatic carbocycles. The van der Waals surface area contributed by atoms with Crippen LogP contribution in [0.5, 0.6) is 0 Å². The van der Waals surface area contributed by atoms with Crippen molar-refractivity contribution in [2.45, 2.75) is 19.3 Å². The van der Waals surface area contributed by atoms with Gasteiger partial charge in [-0.2, -0.15) is 4.99 Å². The van der Waals surface area contributed by atoms with Crippen LogP contribution in [0.2, 0.25) is 0 Å². The first-order chi connectivity index (χ1) is 14.1. The normalized spacial score (nSPS) is 12.6. The van der Waals surface area contributed by atoms with Crippen LogP contribution in [-0.2, 0) is 6.42 Å². The van der Waals surface area contributed by atoms with Crippen molar-refractivity contribution in [3.63, 3.8) is 0 Å². The number of rotatable bonds is 4. The van der Waals surface area contributed by atoms with Crippen molar-refractivity contribution in [1.82, 2.24) is 0 Å². The SMILES string of the molecule is Fc1cc(C#Cc2ccc(-c3ccc(CC4CC4)cc3)cc2)cc(F)c1N=C=S. The van der Waals surface area contributed by atoms with Gasteiger partial charge in [0.05, 0.1) is 5.16 Å². The number of thiocarbonyl (C=S) groups is 1. The maximum Gasteiger partial charge on any atom is 0.153 e. The number of halogens is 2. The highest BCUT2D eigenvalue weighted by atomic mass is 32.1. The zero-order valence-electron chi connectivity index (χ0n) is 15.6. The molecule has 4 rings (SSSR count). The van der Waals surface area contributed by atoms with Crippen LogP contribution in [-0.4, -0.2) is 5.16 Å². The molecule has 3 aromatic carbocycles. The Kier molecular flexibility index (Phi) is 5.62. The van der Waals surface area contributed by atoms with Crippen LogP contribution in [0.25, 0.3) is 11.1 Å². The zero-order valence-corrected chi connectivity index (χ0v) is 16.4. The maximum atomic E-state index is 13.9. The molecule has 0 unspecified atom stereocenters. The quantitative estimate of drug-likeness (QED) is 0.269. The molecule has 0 heterocycles. The van der Waals surface area contributed by atoms with E-state index in [4.69, 9.17) is 0 Å². The molecule has 4 heteroatoms. The molecule has 0 aromatic heterocycles. The standard InChI is InChI=1S/C25H17F2NS/c26-23-14-20(15-24(27)25(23)28-16-29)4-1-17-5-9-21(10-6-17)22-11-7-19(8-12-22)13-18-2-3-18/h5-12,14-15,18H,2-3,13H2. The van der Waals surface area contributed by atoms with E-state index in [9.17, 15) is 8.78 Å². The molecule has 0 bridgehead atoms. The first kappa shape index (κ1) is 19.2. The Morgan fingerprint density at radius 2 is 1.38 bits per heavy atom. The number of isothiocyanates is 1. The van der Waals surface area contributed by atoms with Crippen LogP contribution in [0, 0.1) is 29.4 Å². The lowest BCUT2D eigenvalue weighted by molar-refractivity contribution is 0.587. The molecule has 0 saturated heterocycles. The Hall–Kier alpha value is -3.12. The predicted octanol–water partition coefficient (Wildman–Crippen LogP) is 6.72. The molecule has 0 atom stereocenters. The molecule has 0 radical (unpaired) electrons. The summed E-state index contributed by atoms with van der Waals surface area (Å²) < 4.78 is 27.8. The smallest absolute Gasteiger partial charge is 0.153 e. The minimum atomic E-state index is -0.813. The average molecular weight is 401 g/mol. The van der Waals surface area contributed by atoms with E-state index in [0.717, 1.165) is 34.7 Å². The monoisotopic (exact) mass is 401 g/mol. The van der Waals surface area contributed by atoms with Gasteiger partial charge in [0.2, 0.25) is 0 Å². The third kappa shape index (κ3) is 4.84. The zero-order chi connectivity index (χ0) is 20.2. The first-order valence-corrected chi connectivity index (χ1v) is 9.81. The fourth-order valence-corrected chi connectivity index (χ4v) is 3.26. The summed E-state index contributed by atoms with van der Waals surface area (Å²) in [6, 6.07) is 18.8. The highest BCUT2D eigenvalue weighted by Crippen LogP contribution is 2.33. The summed E-state index contributed by atoms with van der Waals surface area (Å²) in [5, 5.41) is 1.97. The van der Waals surface area contributed by atoms with Crippen LogP contribution in [0.1, 0.15) is 29.5 Å². The molecule has 1 nitrogen and oxygen atoms in total. The van der Waals surface area contributed by atoms with Gasteiger partial charge in [0, 0.05) is 11.1 Å². The summed E-state index contributed by atoms with van der Waals surface area (Å²) in [7, 11) is 0. The van der Waals surface area contributed by atoms with Crippen molar-refractivity contribution < 1.29 is 8.78 Å². The van der Waals surface area contributed by atoms with E-state index >= 15 is 0 Å². The van der Waals surface area contributed by atoms with Crippen molar-refractivity contribution >= 4 is 23.1 Å². The molecule has 29 heavy (non-hydrogen) atoms. The van der Waals surface area contributed by atoms with E-state index in [-0.39, 0.29) is 5.56 Å². The van der Waals surface area contributed by atoms with Gasteiger partial charge in [-0.05, 0) is 78.4 Å². The van der Waals surface area contributed by atoms with Crippen LogP contribution in [0.15, 0.2) is 65.7 Å².